The summed E-state index contributed by atoms with van der Waals surface area (Å²) < 4.78 is 17.0. The van der Waals surface area contributed by atoms with Crippen LogP contribution in [0.5, 0.6) is 23.0 Å². The zero-order valence-corrected chi connectivity index (χ0v) is 16.3. The van der Waals surface area contributed by atoms with Crippen LogP contribution in [0.25, 0.3) is 0 Å². The molecule has 8 nitrogen and oxygen atoms in total. The second-order valence-electron chi connectivity index (χ2n) is 6.01. The lowest BCUT2D eigenvalue weighted by Crippen LogP contribution is -2.14. The Morgan fingerprint density at radius 1 is 1.00 bits per heavy atom. The maximum absolute atomic E-state index is 12.6. The second-order valence-corrected chi connectivity index (χ2v) is 6.93. The van der Waals surface area contributed by atoms with E-state index in [0.29, 0.717) is 22.9 Å². The van der Waals surface area contributed by atoms with Gasteiger partial charge in [0.2, 0.25) is 6.79 Å². The van der Waals surface area contributed by atoms with Crippen LogP contribution in [0.2, 0.25) is 0 Å². The van der Waals surface area contributed by atoms with E-state index >= 15 is 0 Å². The molecule has 1 amide bonds. The van der Waals surface area contributed by atoms with Crippen molar-refractivity contribution in [1.29, 1.82) is 0 Å². The molecule has 0 saturated carbocycles. The van der Waals surface area contributed by atoms with Crippen molar-refractivity contribution in [2.75, 3.05) is 12.1 Å². The zero-order chi connectivity index (χ0) is 20.4. The summed E-state index contributed by atoms with van der Waals surface area (Å²) in [6.45, 7) is -0.0443. The van der Waals surface area contributed by atoms with Crippen LogP contribution in [-0.4, -0.2) is 17.6 Å². The molecular weight excluding hydrogens is 444 g/mol. The fourth-order valence-corrected chi connectivity index (χ4v) is 2.97. The average Bonchev–Trinajstić information content (AvgIpc) is 3.18. The molecule has 0 saturated heterocycles. The molecule has 9 heteroatoms. The molecule has 0 radical (unpaired) electrons. The normalized spacial score (nSPS) is 11.8. The molecule has 0 aliphatic carbocycles. The van der Waals surface area contributed by atoms with Crippen LogP contribution in [0.4, 0.5) is 11.4 Å². The fourth-order valence-electron chi connectivity index (χ4n) is 2.71. The van der Waals surface area contributed by atoms with Crippen LogP contribution in [0.3, 0.4) is 0 Å². The van der Waals surface area contributed by atoms with Gasteiger partial charge in [-0.1, -0.05) is 15.9 Å². The van der Waals surface area contributed by atoms with E-state index in [4.69, 9.17) is 14.2 Å². The number of carbonyl (C=O) groups is 1. The van der Waals surface area contributed by atoms with Gasteiger partial charge in [-0.25, -0.2) is 0 Å². The quantitative estimate of drug-likeness (QED) is 0.421. The van der Waals surface area contributed by atoms with Gasteiger partial charge in [0.1, 0.15) is 17.1 Å². The van der Waals surface area contributed by atoms with Crippen molar-refractivity contribution in [1.82, 2.24) is 0 Å². The molecule has 3 aromatic rings. The summed E-state index contributed by atoms with van der Waals surface area (Å²) >= 11 is 3.36. The average molecular weight is 457 g/mol. The van der Waals surface area contributed by atoms with E-state index in [1.54, 1.807) is 24.3 Å². The number of nitrogens with zero attached hydrogens (tertiary/aromatic N) is 1. The molecule has 1 N–H and O–H groups in total. The van der Waals surface area contributed by atoms with Gasteiger partial charge in [-0.2, -0.15) is 0 Å². The number of benzene rings is 3. The topological polar surface area (TPSA) is 99.9 Å². The summed E-state index contributed by atoms with van der Waals surface area (Å²) in [7, 11) is 0. The largest absolute Gasteiger partial charge is 0.457 e. The lowest BCUT2D eigenvalue weighted by molar-refractivity contribution is -0.385. The third kappa shape index (κ3) is 4.14. The summed E-state index contributed by atoms with van der Waals surface area (Å²) in [6, 6.07) is 16.5. The highest BCUT2D eigenvalue weighted by Crippen LogP contribution is 2.38. The van der Waals surface area contributed by atoms with Crippen molar-refractivity contribution in [3.05, 3.63) is 80.8 Å². The Balaban J connectivity index is 1.50. The van der Waals surface area contributed by atoms with Crippen molar-refractivity contribution in [2.24, 2.45) is 0 Å². The zero-order valence-electron chi connectivity index (χ0n) is 14.8. The van der Waals surface area contributed by atoms with Gasteiger partial charge in [0.15, 0.2) is 11.5 Å². The van der Waals surface area contributed by atoms with Gasteiger partial charge >= 0.3 is 0 Å². The number of nitro benzene ring substituents is 1. The third-order valence-electron chi connectivity index (χ3n) is 4.09. The van der Waals surface area contributed by atoms with Gasteiger partial charge in [-0.3, -0.25) is 14.9 Å². The molecule has 1 heterocycles. The van der Waals surface area contributed by atoms with E-state index in [1.807, 2.05) is 24.3 Å². The Hall–Kier alpha value is -3.59. The van der Waals surface area contributed by atoms with E-state index in [1.165, 1.54) is 12.1 Å². The molecule has 29 heavy (non-hydrogen) atoms. The Morgan fingerprint density at radius 3 is 2.21 bits per heavy atom. The van der Waals surface area contributed by atoms with E-state index in [2.05, 4.69) is 21.2 Å². The van der Waals surface area contributed by atoms with Crippen LogP contribution in [0.15, 0.2) is 65.1 Å². The SMILES string of the molecule is O=C(Nc1ccc(Oc2ccc(Br)cc2)cc1)c1cc2c(cc1[N+](=O)[O-])OCO2. The molecule has 0 aromatic heterocycles. The summed E-state index contributed by atoms with van der Waals surface area (Å²) in [5.41, 5.74) is -0.0125. The van der Waals surface area contributed by atoms with Gasteiger partial charge in [0, 0.05) is 16.2 Å². The molecule has 0 bridgehead atoms. The fraction of sp³-hybridized carbons (Fsp3) is 0.0500. The number of fused-ring (bicyclic) bond motifs is 1. The number of carbonyl (C=O) groups excluding carboxylic acids is 1. The number of anilines is 1. The molecule has 0 fully saturated rings. The molecule has 3 aromatic carbocycles. The molecule has 0 spiro atoms. The smallest absolute Gasteiger partial charge is 0.286 e. The predicted octanol–water partition coefficient (Wildman–Crippen LogP) is 5.13. The van der Waals surface area contributed by atoms with Crippen molar-refractivity contribution in [2.45, 2.75) is 0 Å². The molecule has 0 atom stereocenters. The highest BCUT2D eigenvalue weighted by molar-refractivity contribution is 9.10. The maximum Gasteiger partial charge on any atom is 0.286 e. The maximum atomic E-state index is 12.6. The Morgan fingerprint density at radius 2 is 1.59 bits per heavy atom. The van der Waals surface area contributed by atoms with E-state index in [9.17, 15) is 14.9 Å². The standard InChI is InChI=1S/C20H13BrN2O6/c21-12-1-5-14(6-2-12)29-15-7-3-13(4-8-15)22-20(24)16-9-18-19(28-11-27-18)10-17(16)23(25)26/h1-10H,11H2,(H,22,24). The minimum Gasteiger partial charge on any atom is -0.457 e. The third-order valence-corrected chi connectivity index (χ3v) is 4.62. The first-order valence-electron chi connectivity index (χ1n) is 8.42. The number of hydrogen-bond donors (Lipinski definition) is 1. The second kappa shape index (κ2) is 7.80. The first-order valence-corrected chi connectivity index (χ1v) is 9.22. The van der Waals surface area contributed by atoms with Gasteiger partial charge < -0.3 is 19.5 Å². The number of halogens is 1. The van der Waals surface area contributed by atoms with E-state index in [-0.39, 0.29) is 23.8 Å². The monoisotopic (exact) mass is 456 g/mol. The molecule has 1 aliphatic heterocycles. The highest BCUT2D eigenvalue weighted by atomic mass is 79.9. The summed E-state index contributed by atoms with van der Waals surface area (Å²) in [5, 5.41) is 14.0. The van der Waals surface area contributed by atoms with Gasteiger partial charge in [-0.15, -0.1) is 0 Å². The minimum atomic E-state index is -0.633. The molecule has 146 valence electrons. The first kappa shape index (κ1) is 18.8. The van der Waals surface area contributed by atoms with Gasteiger partial charge in [0.05, 0.1) is 11.0 Å². The lowest BCUT2D eigenvalue weighted by atomic mass is 10.1. The predicted molar refractivity (Wildman–Crippen MR) is 108 cm³/mol. The summed E-state index contributed by atoms with van der Waals surface area (Å²) in [4.78, 5) is 23.3. The number of amides is 1. The molecule has 4 rings (SSSR count). The summed E-state index contributed by atoms with van der Waals surface area (Å²) in [6.07, 6.45) is 0. The Labute approximate surface area is 173 Å². The van der Waals surface area contributed by atoms with Crippen LogP contribution < -0.4 is 19.5 Å². The van der Waals surface area contributed by atoms with Crippen molar-refractivity contribution in [3.63, 3.8) is 0 Å². The van der Waals surface area contributed by atoms with Gasteiger partial charge in [-0.05, 0) is 48.5 Å². The van der Waals surface area contributed by atoms with Crippen molar-refractivity contribution < 1.29 is 23.9 Å². The number of rotatable bonds is 5. The van der Waals surface area contributed by atoms with E-state index < -0.39 is 10.8 Å². The van der Waals surface area contributed by atoms with Gasteiger partial charge in [0.25, 0.3) is 11.6 Å². The number of ether oxygens (including phenoxy) is 3. The van der Waals surface area contributed by atoms with Crippen molar-refractivity contribution >= 4 is 33.2 Å². The minimum absolute atomic E-state index is 0.0443. The number of nitro groups is 1. The van der Waals surface area contributed by atoms with Crippen LogP contribution >= 0.6 is 15.9 Å². The number of nitrogens with one attached hydrogen (secondary N) is 1. The van der Waals surface area contributed by atoms with E-state index in [0.717, 1.165) is 4.47 Å². The van der Waals surface area contributed by atoms with Crippen LogP contribution in [0, 0.1) is 10.1 Å². The Kier molecular flexibility index (Phi) is 5.05. The first-order chi connectivity index (χ1) is 14.0. The lowest BCUT2D eigenvalue weighted by Gasteiger charge is -2.09. The highest BCUT2D eigenvalue weighted by Gasteiger charge is 2.27. The van der Waals surface area contributed by atoms with Crippen LogP contribution in [0.1, 0.15) is 10.4 Å². The summed E-state index contributed by atoms with van der Waals surface area (Å²) in [5.74, 6) is 1.15. The molecule has 1 aliphatic rings. The van der Waals surface area contributed by atoms with Crippen molar-refractivity contribution in [3.8, 4) is 23.0 Å². The molecular formula is C20H13BrN2O6. The molecule has 0 unspecified atom stereocenters. The van der Waals surface area contributed by atoms with Crippen LogP contribution in [-0.2, 0) is 0 Å². The number of hydrogen-bond acceptors (Lipinski definition) is 6. The Bertz CT molecular complexity index is 1080.